The average Bonchev–Trinajstić information content (AvgIpc) is 2.20. The van der Waals surface area contributed by atoms with Crippen LogP contribution in [0.1, 0.15) is 52.9 Å². The summed E-state index contributed by atoms with van der Waals surface area (Å²) in [6, 6.07) is 0. The molecular formula is C13H26O2. The van der Waals surface area contributed by atoms with Crippen LogP contribution in [-0.4, -0.2) is 23.9 Å². The van der Waals surface area contributed by atoms with Crippen molar-refractivity contribution in [2.75, 3.05) is 6.61 Å². The van der Waals surface area contributed by atoms with Crippen LogP contribution in [0.4, 0.5) is 0 Å². The molecule has 0 aliphatic heterocycles. The molecule has 1 aliphatic rings. The number of hydrogen-bond acceptors (Lipinski definition) is 2. The van der Waals surface area contributed by atoms with E-state index in [1.54, 1.807) is 0 Å². The Labute approximate surface area is 94.0 Å². The molecule has 0 aromatic heterocycles. The molecule has 15 heavy (non-hydrogen) atoms. The molecule has 2 heteroatoms. The fourth-order valence-electron chi connectivity index (χ4n) is 2.31. The van der Waals surface area contributed by atoms with Crippen molar-refractivity contribution in [1.82, 2.24) is 0 Å². The van der Waals surface area contributed by atoms with Gasteiger partial charge in [0.15, 0.2) is 0 Å². The molecule has 0 aromatic carbocycles. The fraction of sp³-hybridized carbons (Fsp3) is 1.00. The Balaban J connectivity index is 2.16. The molecule has 90 valence electrons. The van der Waals surface area contributed by atoms with E-state index in [4.69, 9.17) is 4.74 Å². The molecule has 4 unspecified atom stereocenters. The zero-order valence-electron chi connectivity index (χ0n) is 10.4. The molecular weight excluding hydrogens is 188 g/mol. The van der Waals surface area contributed by atoms with Crippen molar-refractivity contribution in [3.05, 3.63) is 0 Å². The topological polar surface area (TPSA) is 29.5 Å². The highest BCUT2D eigenvalue weighted by Crippen LogP contribution is 2.30. The van der Waals surface area contributed by atoms with Crippen LogP contribution in [0.5, 0.6) is 0 Å². The molecule has 1 N–H and O–H groups in total. The summed E-state index contributed by atoms with van der Waals surface area (Å²) >= 11 is 0. The minimum Gasteiger partial charge on any atom is -0.391 e. The minimum atomic E-state index is -0.260. The highest BCUT2D eigenvalue weighted by atomic mass is 16.5. The van der Waals surface area contributed by atoms with Gasteiger partial charge in [-0.3, -0.25) is 0 Å². The monoisotopic (exact) mass is 214 g/mol. The van der Waals surface area contributed by atoms with Crippen LogP contribution in [0.3, 0.4) is 0 Å². The Morgan fingerprint density at radius 1 is 1.27 bits per heavy atom. The van der Waals surface area contributed by atoms with Crippen molar-refractivity contribution in [2.45, 2.75) is 65.1 Å². The number of aliphatic hydroxyl groups excluding tert-OH is 1. The first-order chi connectivity index (χ1) is 7.13. The normalized spacial score (nSPS) is 34.0. The van der Waals surface area contributed by atoms with E-state index >= 15 is 0 Å². The van der Waals surface area contributed by atoms with Gasteiger partial charge in [0, 0.05) is 0 Å². The summed E-state index contributed by atoms with van der Waals surface area (Å²) in [5, 5.41) is 9.57. The lowest BCUT2D eigenvalue weighted by Gasteiger charge is -2.32. The lowest BCUT2D eigenvalue weighted by molar-refractivity contribution is -0.0407. The second-order valence-electron chi connectivity index (χ2n) is 5.17. The van der Waals surface area contributed by atoms with E-state index in [9.17, 15) is 5.11 Å². The Bertz CT molecular complexity index is 170. The number of ether oxygens (including phenoxy) is 1. The maximum atomic E-state index is 9.57. The summed E-state index contributed by atoms with van der Waals surface area (Å²) < 4.78 is 5.77. The average molecular weight is 214 g/mol. The summed E-state index contributed by atoms with van der Waals surface area (Å²) in [7, 11) is 0. The van der Waals surface area contributed by atoms with E-state index in [1.165, 1.54) is 19.3 Å². The summed E-state index contributed by atoms with van der Waals surface area (Å²) in [5.74, 6) is 1.61. The molecule has 4 atom stereocenters. The van der Waals surface area contributed by atoms with Gasteiger partial charge in [0.1, 0.15) is 0 Å². The smallest absolute Gasteiger partial charge is 0.0773 e. The van der Waals surface area contributed by atoms with Crippen LogP contribution in [0.15, 0.2) is 0 Å². The van der Waals surface area contributed by atoms with Gasteiger partial charge in [-0.05, 0) is 37.5 Å². The lowest BCUT2D eigenvalue weighted by Crippen LogP contribution is -2.29. The first kappa shape index (κ1) is 13.0. The quantitative estimate of drug-likeness (QED) is 0.762. The Hall–Kier alpha value is -0.0800. The third kappa shape index (κ3) is 4.52. The Morgan fingerprint density at radius 2 is 2.00 bits per heavy atom. The largest absolute Gasteiger partial charge is 0.391 e. The summed E-state index contributed by atoms with van der Waals surface area (Å²) in [6.07, 6.45) is 5.63. The van der Waals surface area contributed by atoms with E-state index in [2.05, 4.69) is 20.8 Å². The predicted octanol–water partition coefficient (Wildman–Crippen LogP) is 2.99. The van der Waals surface area contributed by atoms with Crippen molar-refractivity contribution in [1.29, 1.82) is 0 Å². The molecule has 0 heterocycles. The number of aliphatic hydroxyl groups is 1. The van der Waals surface area contributed by atoms with Crippen molar-refractivity contribution >= 4 is 0 Å². The van der Waals surface area contributed by atoms with Gasteiger partial charge in [0.2, 0.25) is 0 Å². The number of hydrogen-bond donors (Lipinski definition) is 1. The molecule has 0 radical (unpaired) electrons. The van der Waals surface area contributed by atoms with Crippen molar-refractivity contribution in [3.63, 3.8) is 0 Å². The van der Waals surface area contributed by atoms with Crippen LogP contribution < -0.4 is 0 Å². The van der Waals surface area contributed by atoms with Gasteiger partial charge in [0.05, 0.1) is 18.8 Å². The van der Waals surface area contributed by atoms with Crippen LogP contribution >= 0.6 is 0 Å². The zero-order valence-corrected chi connectivity index (χ0v) is 10.4. The van der Waals surface area contributed by atoms with Gasteiger partial charge in [-0.25, -0.2) is 0 Å². The first-order valence-electron chi connectivity index (χ1n) is 6.43. The van der Waals surface area contributed by atoms with Crippen LogP contribution in [-0.2, 0) is 4.74 Å². The third-order valence-corrected chi connectivity index (χ3v) is 3.70. The molecule has 0 amide bonds. The predicted molar refractivity (Wildman–Crippen MR) is 62.8 cm³/mol. The standard InChI is InChI=1S/C13H26O2/c1-4-5-12(14)9-15-13-7-6-10(2)11(3)8-13/h10-14H,4-9H2,1-3H3. The van der Waals surface area contributed by atoms with Gasteiger partial charge in [-0.2, -0.15) is 0 Å². The minimum absolute atomic E-state index is 0.260. The molecule has 1 aliphatic carbocycles. The molecule has 2 nitrogen and oxygen atoms in total. The molecule has 1 rings (SSSR count). The van der Waals surface area contributed by atoms with Crippen LogP contribution in [0, 0.1) is 11.8 Å². The Morgan fingerprint density at radius 3 is 2.60 bits per heavy atom. The highest BCUT2D eigenvalue weighted by Gasteiger charge is 2.25. The molecule has 1 saturated carbocycles. The SMILES string of the molecule is CCCC(O)COC1CCC(C)C(C)C1. The second-order valence-corrected chi connectivity index (χ2v) is 5.17. The van der Waals surface area contributed by atoms with Gasteiger partial charge < -0.3 is 9.84 Å². The molecule has 0 spiro atoms. The van der Waals surface area contributed by atoms with Crippen molar-refractivity contribution < 1.29 is 9.84 Å². The second kappa shape index (κ2) is 6.49. The summed E-state index contributed by atoms with van der Waals surface area (Å²) in [4.78, 5) is 0. The van der Waals surface area contributed by atoms with Crippen LogP contribution in [0.25, 0.3) is 0 Å². The Kier molecular flexibility index (Phi) is 5.62. The van der Waals surface area contributed by atoms with E-state index in [0.29, 0.717) is 12.7 Å². The van der Waals surface area contributed by atoms with E-state index in [-0.39, 0.29) is 6.10 Å². The molecule has 1 fully saturated rings. The van der Waals surface area contributed by atoms with Gasteiger partial charge >= 0.3 is 0 Å². The number of rotatable bonds is 5. The van der Waals surface area contributed by atoms with Crippen molar-refractivity contribution in [2.24, 2.45) is 11.8 Å². The van der Waals surface area contributed by atoms with Gasteiger partial charge in [-0.15, -0.1) is 0 Å². The first-order valence-corrected chi connectivity index (χ1v) is 6.43. The van der Waals surface area contributed by atoms with E-state index in [0.717, 1.165) is 24.7 Å². The maximum Gasteiger partial charge on any atom is 0.0773 e. The molecule has 0 bridgehead atoms. The van der Waals surface area contributed by atoms with E-state index in [1.807, 2.05) is 0 Å². The van der Waals surface area contributed by atoms with Gasteiger partial charge in [-0.1, -0.05) is 27.2 Å². The zero-order chi connectivity index (χ0) is 11.3. The summed E-state index contributed by atoms with van der Waals surface area (Å²) in [5.41, 5.74) is 0. The molecule has 0 saturated heterocycles. The third-order valence-electron chi connectivity index (χ3n) is 3.70. The molecule has 0 aromatic rings. The van der Waals surface area contributed by atoms with Gasteiger partial charge in [0.25, 0.3) is 0 Å². The highest BCUT2D eigenvalue weighted by molar-refractivity contribution is 4.75. The van der Waals surface area contributed by atoms with E-state index < -0.39 is 0 Å². The maximum absolute atomic E-state index is 9.57. The lowest BCUT2D eigenvalue weighted by atomic mass is 9.80. The van der Waals surface area contributed by atoms with Crippen molar-refractivity contribution in [3.8, 4) is 0 Å². The van der Waals surface area contributed by atoms with Crippen LogP contribution in [0.2, 0.25) is 0 Å². The summed E-state index contributed by atoms with van der Waals surface area (Å²) in [6.45, 7) is 7.25. The fourth-order valence-corrected chi connectivity index (χ4v) is 2.31.